The van der Waals surface area contributed by atoms with E-state index >= 15 is 0 Å². The Hall–Kier alpha value is -2.79. The van der Waals surface area contributed by atoms with E-state index < -0.39 is 17.8 Å². The van der Waals surface area contributed by atoms with E-state index in [4.69, 9.17) is 0 Å². The quantitative estimate of drug-likeness (QED) is 0.368. The number of nitrogens with one attached hydrogen (secondary N) is 1. The van der Waals surface area contributed by atoms with Gasteiger partial charge in [-0.15, -0.1) is 0 Å². The lowest BCUT2D eigenvalue weighted by molar-refractivity contribution is -0.142. The van der Waals surface area contributed by atoms with E-state index in [1.807, 2.05) is 0 Å². The van der Waals surface area contributed by atoms with Gasteiger partial charge in [-0.05, 0) is 46.3 Å². The lowest BCUT2D eigenvalue weighted by Crippen LogP contribution is -2.16. The highest BCUT2D eigenvalue weighted by atomic mass is 79.9. The van der Waals surface area contributed by atoms with Crippen LogP contribution in [0.5, 0.6) is 0 Å². The van der Waals surface area contributed by atoms with E-state index in [0.717, 1.165) is 10.5 Å². The Morgan fingerprint density at radius 2 is 1.70 bits per heavy atom. The van der Waals surface area contributed by atoms with Gasteiger partial charge in [0.1, 0.15) is 5.82 Å². The summed E-state index contributed by atoms with van der Waals surface area (Å²) in [5.41, 5.74) is -0.741. The van der Waals surface area contributed by atoms with Crippen molar-refractivity contribution < 1.29 is 18.0 Å². The molecule has 0 aliphatic carbocycles. The van der Waals surface area contributed by atoms with Crippen molar-refractivity contribution in [2.45, 2.75) is 6.18 Å². The molecule has 30 heavy (non-hydrogen) atoms. The van der Waals surface area contributed by atoms with Crippen molar-refractivity contribution in [2.75, 3.05) is 5.32 Å². The maximum absolute atomic E-state index is 13.7. The van der Waals surface area contributed by atoms with Crippen LogP contribution in [-0.4, -0.2) is 25.5 Å². The molecular formula is C19H10Br2F3N5O. The molecule has 152 valence electrons. The number of carbonyl (C=O) groups excluding carboxylic acids is 1. The number of rotatable bonds is 3. The lowest BCUT2D eigenvalue weighted by Gasteiger charge is -2.11. The van der Waals surface area contributed by atoms with Gasteiger partial charge in [0.2, 0.25) is 0 Å². The Kier molecular flexibility index (Phi) is 5.33. The average Bonchev–Trinajstić information content (AvgIpc) is 3.13. The number of aromatic nitrogens is 4. The number of hydrogen-bond donors (Lipinski definition) is 1. The number of benzene rings is 1. The minimum atomic E-state index is -4.70. The summed E-state index contributed by atoms with van der Waals surface area (Å²) in [4.78, 5) is 20.7. The van der Waals surface area contributed by atoms with Crippen LogP contribution in [0.1, 0.15) is 16.2 Å². The molecule has 0 saturated carbocycles. The fourth-order valence-corrected chi connectivity index (χ4v) is 3.18. The molecule has 3 heterocycles. The molecule has 1 amide bonds. The zero-order valence-corrected chi connectivity index (χ0v) is 18.0. The standard InChI is InChI=1S/C19H10Br2F3N5O/c20-11-3-1-10(2-4-11)13-7-15(19(22,23)24)29-17(26-13)8-14(28-29)18(30)27-16-6-5-12(21)9-25-16/h1-9H,(H,25,27,30). The van der Waals surface area contributed by atoms with Gasteiger partial charge in [0.15, 0.2) is 17.0 Å². The fraction of sp³-hybridized carbons (Fsp3) is 0.0526. The molecule has 4 rings (SSSR count). The third kappa shape index (κ3) is 4.21. The highest BCUT2D eigenvalue weighted by molar-refractivity contribution is 9.10. The largest absolute Gasteiger partial charge is 0.433 e. The summed E-state index contributed by atoms with van der Waals surface area (Å²) < 4.78 is 43.1. The van der Waals surface area contributed by atoms with Crippen LogP contribution >= 0.6 is 31.9 Å². The van der Waals surface area contributed by atoms with Gasteiger partial charge in [-0.1, -0.05) is 28.1 Å². The van der Waals surface area contributed by atoms with E-state index in [1.54, 1.807) is 36.4 Å². The lowest BCUT2D eigenvalue weighted by atomic mass is 10.1. The molecule has 0 aliphatic heterocycles. The molecule has 6 nitrogen and oxygen atoms in total. The van der Waals surface area contributed by atoms with Crippen LogP contribution in [0.2, 0.25) is 0 Å². The fourth-order valence-electron chi connectivity index (χ4n) is 2.69. The molecule has 0 aliphatic rings. The number of amides is 1. The van der Waals surface area contributed by atoms with Crippen molar-refractivity contribution in [3.8, 4) is 11.3 Å². The van der Waals surface area contributed by atoms with E-state index in [2.05, 4.69) is 52.2 Å². The zero-order chi connectivity index (χ0) is 21.5. The van der Waals surface area contributed by atoms with E-state index in [0.29, 0.717) is 14.6 Å². The summed E-state index contributed by atoms with van der Waals surface area (Å²) >= 11 is 6.52. The van der Waals surface area contributed by atoms with Crippen LogP contribution in [-0.2, 0) is 6.18 Å². The number of carbonyl (C=O) groups is 1. The first kappa shape index (κ1) is 20.5. The monoisotopic (exact) mass is 539 g/mol. The van der Waals surface area contributed by atoms with Gasteiger partial charge in [0, 0.05) is 26.8 Å². The van der Waals surface area contributed by atoms with Crippen LogP contribution in [0, 0.1) is 0 Å². The summed E-state index contributed by atoms with van der Waals surface area (Å²) in [6, 6.07) is 12.0. The molecule has 0 spiro atoms. The molecular weight excluding hydrogens is 531 g/mol. The average molecular weight is 541 g/mol. The third-order valence-electron chi connectivity index (χ3n) is 4.06. The number of halogens is 5. The minimum absolute atomic E-state index is 0.100. The molecule has 4 aromatic rings. The Morgan fingerprint density at radius 3 is 2.33 bits per heavy atom. The number of hydrogen-bond acceptors (Lipinski definition) is 4. The summed E-state index contributed by atoms with van der Waals surface area (Å²) in [6.45, 7) is 0. The van der Waals surface area contributed by atoms with Crippen molar-refractivity contribution in [2.24, 2.45) is 0 Å². The predicted octanol–water partition coefficient (Wildman–Crippen LogP) is 5.59. The minimum Gasteiger partial charge on any atom is -0.305 e. The number of anilines is 1. The van der Waals surface area contributed by atoms with Crippen molar-refractivity contribution in [3.05, 3.63) is 75.1 Å². The van der Waals surface area contributed by atoms with Crippen molar-refractivity contribution in [1.82, 2.24) is 19.6 Å². The van der Waals surface area contributed by atoms with Crippen molar-refractivity contribution in [3.63, 3.8) is 0 Å². The number of alkyl halides is 3. The Labute approximate surface area is 184 Å². The van der Waals surface area contributed by atoms with E-state index in [1.165, 1.54) is 12.3 Å². The third-order valence-corrected chi connectivity index (χ3v) is 5.06. The second kappa shape index (κ2) is 7.80. The number of nitrogens with zero attached hydrogens (tertiary/aromatic N) is 4. The Bertz CT molecular complexity index is 1240. The molecule has 1 N–H and O–H groups in total. The molecule has 3 aromatic heterocycles. The molecule has 0 bridgehead atoms. The molecule has 0 atom stereocenters. The van der Waals surface area contributed by atoms with Gasteiger partial charge in [0.25, 0.3) is 5.91 Å². The van der Waals surface area contributed by atoms with Crippen LogP contribution in [0.3, 0.4) is 0 Å². The van der Waals surface area contributed by atoms with Gasteiger partial charge >= 0.3 is 6.18 Å². The van der Waals surface area contributed by atoms with Crippen LogP contribution < -0.4 is 5.32 Å². The molecule has 11 heteroatoms. The normalized spacial score (nSPS) is 11.6. The summed E-state index contributed by atoms with van der Waals surface area (Å²) in [6.07, 6.45) is -3.22. The predicted molar refractivity (Wildman–Crippen MR) is 111 cm³/mol. The summed E-state index contributed by atoms with van der Waals surface area (Å²) in [5, 5.41) is 6.32. The van der Waals surface area contributed by atoms with Crippen LogP contribution in [0.25, 0.3) is 16.9 Å². The van der Waals surface area contributed by atoms with Gasteiger partial charge in [0.05, 0.1) is 5.69 Å². The van der Waals surface area contributed by atoms with E-state index in [-0.39, 0.29) is 22.9 Å². The smallest absolute Gasteiger partial charge is 0.305 e. The van der Waals surface area contributed by atoms with Crippen molar-refractivity contribution >= 4 is 49.2 Å². The summed E-state index contributed by atoms with van der Waals surface area (Å²) in [7, 11) is 0. The second-order valence-corrected chi connectivity index (χ2v) is 7.98. The molecule has 0 fully saturated rings. The second-order valence-electron chi connectivity index (χ2n) is 6.15. The summed E-state index contributed by atoms with van der Waals surface area (Å²) in [5.74, 6) is -0.464. The van der Waals surface area contributed by atoms with Gasteiger partial charge < -0.3 is 5.32 Å². The first-order valence-electron chi connectivity index (χ1n) is 8.37. The number of pyridine rings is 1. The SMILES string of the molecule is O=C(Nc1ccc(Br)cn1)c1cc2nc(-c3ccc(Br)cc3)cc(C(F)(F)F)n2n1. The molecule has 1 aromatic carbocycles. The van der Waals surface area contributed by atoms with Gasteiger partial charge in [-0.25, -0.2) is 14.5 Å². The molecule has 0 radical (unpaired) electrons. The maximum Gasteiger partial charge on any atom is 0.433 e. The van der Waals surface area contributed by atoms with Gasteiger partial charge in [-0.3, -0.25) is 4.79 Å². The van der Waals surface area contributed by atoms with Crippen LogP contribution in [0.15, 0.2) is 63.7 Å². The van der Waals surface area contributed by atoms with Gasteiger partial charge in [-0.2, -0.15) is 18.3 Å². The number of fused-ring (bicyclic) bond motifs is 1. The first-order chi connectivity index (χ1) is 14.2. The van der Waals surface area contributed by atoms with E-state index in [9.17, 15) is 18.0 Å². The molecule has 0 unspecified atom stereocenters. The highest BCUT2D eigenvalue weighted by Gasteiger charge is 2.35. The van der Waals surface area contributed by atoms with Crippen LogP contribution in [0.4, 0.5) is 19.0 Å². The van der Waals surface area contributed by atoms with Crippen molar-refractivity contribution in [1.29, 1.82) is 0 Å². The highest BCUT2D eigenvalue weighted by Crippen LogP contribution is 2.32. The maximum atomic E-state index is 13.7. The first-order valence-corrected chi connectivity index (χ1v) is 9.96. The molecule has 0 saturated heterocycles. The topological polar surface area (TPSA) is 72.2 Å². The Balaban J connectivity index is 1.77. The Morgan fingerprint density at radius 1 is 1.00 bits per heavy atom. The zero-order valence-electron chi connectivity index (χ0n) is 14.8.